The molecule has 5 heteroatoms. The SMILES string of the molecule is COc1cc2c(cc1Cl)NCC(=O)N2. The van der Waals surface area contributed by atoms with Gasteiger partial charge in [-0.3, -0.25) is 4.79 Å². The molecule has 0 fully saturated rings. The van der Waals surface area contributed by atoms with Gasteiger partial charge in [-0.15, -0.1) is 0 Å². The number of halogens is 1. The van der Waals surface area contributed by atoms with E-state index in [1.807, 2.05) is 0 Å². The van der Waals surface area contributed by atoms with Gasteiger partial charge in [0.25, 0.3) is 0 Å². The molecule has 0 unspecified atom stereocenters. The van der Waals surface area contributed by atoms with E-state index in [1.165, 1.54) is 7.11 Å². The maximum absolute atomic E-state index is 11.1. The van der Waals surface area contributed by atoms with Gasteiger partial charge in [-0.2, -0.15) is 0 Å². The molecule has 1 aromatic rings. The molecule has 0 aromatic heterocycles. The summed E-state index contributed by atoms with van der Waals surface area (Å²) in [4.78, 5) is 11.1. The van der Waals surface area contributed by atoms with E-state index in [0.717, 1.165) is 5.69 Å². The Labute approximate surface area is 86.2 Å². The van der Waals surface area contributed by atoms with Crippen molar-refractivity contribution < 1.29 is 9.53 Å². The number of carbonyl (C=O) groups excluding carboxylic acids is 1. The molecule has 14 heavy (non-hydrogen) atoms. The number of methoxy groups -OCH3 is 1. The molecule has 74 valence electrons. The van der Waals surface area contributed by atoms with Crippen molar-refractivity contribution in [2.24, 2.45) is 0 Å². The molecule has 0 radical (unpaired) electrons. The molecule has 4 nitrogen and oxygen atoms in total. The first-order valence-corrected chi connectivity index (χ1v) is 4.50. The highest BCUT2D eigenvalue weighted by atomic mass is 35.5. The minimum atomic E-state index is -0.0677. The number of hydrogen-bond acceptors (Lipinski definition) is 3. The summed E-state index contributed by atoms with van der Waals surface area (Å²) in [6.07, 6.45) is 0. The molecule has 0 aliphatic carbocycles. The first kappa shape index (κ1) is 9.15. The molecule has 1 heterocycles. The van der Waals surface area contributed by atoms with Crippen LogP contribution in [0, 0.1) is 0 Å². The Kier molecular flexibility index (Phi) is 2.21. The average molecular weight is 213 g/mol. The van der Waals surface area contributed by atoms with E-state index in [2.05, 4.69) is 10.6 Å². The number of fused-ring (bicyclic) bond motifs is 1. The van der Waals surface area contributed by atoms with Crippen LogP contribution in [0.3, 0.4) is 0 Å². The molecule has 1 amide bonds. The van der Waals surface area contributed by atoms with Crippen molar-refractivity contribution >= 4 is 28.9 Å². The van der Waals surface area contributed by atoms with Gasteiger partial charge in [-0.05, 0) is 6.07 Å². The number of amides is 1. The second kappa shape index (κ2) is 3.38. The summed E-state index contributed by atoms with van der Waals surface area (Å²) in [6, 6.07) is 3.43. The lowest BCUT2D eigenvalue weighted by atomic mass is 10.2. The monoisotopic (exact) mass is 212 g/mol. The van der Waals surface area contributed by atoms with Crippen molar-refractivity contribution in [3.63, 3.8) is 0 Å². The Morgan fingerprint density at radius 3 is 2.93 bits per heavy atom. The molecule has 1 aliphatic rings. The van der Waals surface area contributed by atoms with Crippen molar-refractivity contribution in [3.05, 3.63) is 17.2 Å². The zero-order valence-corrected chi connectivity index (χ0v) is 8.31. The van der Waals surface area contributed by atoms with Crippen LogP contribution in [0.1, 0.15) is 0 Å². The van der Waals surface area contributed by atoms with E-state index in [1.54, 1.807) is 12.1 Å². The van der Waals surface area contributed by atoms with Crippen LogP contribution < -0.4 is 15.4 Å². The predicted octanol–water partition coefficient (Wildman–Crippen LogP) is 1.71. The van der Waals surface area contributed by atoms with Crippen molar-refractivity contribution in [2.75, 3.05) is 24.3 Å². The van der Waals surface area contributed by atoms with Crippen LogP contribution in [0.25, 0.3) is 0 Å². The zero-order chi connectivity index (χ0) is 10.1. The summed E-state index contributed by atoms with van der Waals surface area (Å²) < 4.78 is 5.04. The summed E-state index contributed by atoms with van der Waals surface area (Å²) in [5, 5.41) is 6.20. The van der Waals surface area contributed by atoms with Crippen LogP contribution in [0.4, 0.5) is 11.4 Å². The molecule has 2 N–H and O–H groups in total. The second-order valence-corrected chi connectivity index (χ2v) is 3.34. The van der Waals surface area contributed by atoms with Gasteiger partial charge >= 0.3 is 0 Å². The summed E-state index contributed by atoms with van der Waals surface area (Å²) in [5.41, 5.74) is 1.51. The van der Waals surface area contributed by atoms with Crippen molar-refractivity contribution in [3.8, 4) is 5.75 Å². The van der Waals surface area contributed by atoms with Gasteiger partial charge in [0.1, 0.15) is 5.75 Å². The highest BCUT2D eigenvalue weighted by Crippen LogP contribution is 2.35. The van der Waals surface area contributed by atoms with Gasteiger partial charge in [0.2, 0.25) is 5.91 Å². The first-order valence-electron chi connectivity index (χ1n) is 4.12. The van der Waals surface area contributed by atoms with E-state index in [-0.39, 0.29) is 12.5 Å². The molecule has 0 atom stereocenters. The Hall–Kier alpha value is -1.42. The van der Waals surface area contributed by atoms with E-state index >= 15 is 0 Å². The summed E-state index contributed by atoms with van der Waals surface area (Å²) in [6.45, 7) is 0.273. The fourth-order valence-electron chi connectivity index (χ4n) is 1.33. The summed E-state index contributed by atoms with van der Waals surface area (Å²) in [7, 11) is 1.53. The van der Waals surface area contributed by atoms with Gasteiger partial charge in [0.15, 0.2) is 0 Å². The summed E-state index contributed by atoms with van der Waals surface area (Å²) >= 11 is 5.92. The number of benzene rings is 1. The van der Waals surface area contributed by atoms with Crippen LogP contribution in [-0.4, -0.2) is 19.6 Å². The highest BCUT2D eigenvalue weighted by Gasteiger charge is 2.16. The second-order valence-electron chi connectivity index (χ2n) is 2.93. The predicted molar refractivity (Wildman–Crippen MR) is 55.1 cm³/mol. The van der Waals surface area contributed by atoms with Crippen LogP contribution >= 0.6 is 11.6 Å². The van der Waals surface area contributed by atoms with Gasteiger partial charge in [0.05, 0.1) is 30.1 Å². The topological polar surface area (TPSA) is 50.4 Å². The molecular weight excluding hydrogens is 204 g/mol. The van der Waals surface area contributed by atoms with Crippen LogP contribution in [0.15, 0.2) is 12.1 Å². The fourth-order valence-corrected chi connectivity index (χ4v) is 1.57. The van der Waals surface area contributed by atoms with Gasteiger partial charge in [-0.1, -0.05) is 11.6 Å². The highest BCUT2D eigenvalue weighted by molar-refractivity contribution is 6.32. The lowest BCUT2D eigenvalue weighted by Crippen LogP contribution is -2.27. The zero-order valence-electron chi connectivity index (χ0n) is 7.56. The van der Waals surface area contributed by atoms with Crippen molar-refractivity contribution in [1.29, 1.82) is 0 Å². The van der Waals surface area contributed by atoms with Gasteiger partial charge in [0, 0.05) is 6.07 Å². The smallest absolute Gasteiger partial charge is 0.243 e. The van der Waals surface area contributed by atoms with Crippen LogP contribution in [-0.2, 0) is 4.79 Å². The van der Waals surface area contributed by atoms with E-state index in [9.17, 15) is 4.79 Å². The van der Waals surface area contributed by atoms with Gasteiger partial charge < -0.3 is 15.4 Å². The first-order chi connectivity index (χ1) is 6.70. The summed E-state index contributed by atoms with van der Waals surface area (Å²) in [5.74, 6) is 0.483. The number of nitrogens with one attached hydrogen (secondary N) is 2. The standard InChI is InChI=1S/C9H9ClN2O2/c1-14-8-3-7-6(2-5(8)10)11-4-9(13)12-7/h2-3,11H,4H2,1H3,(H,12,13). The number of hydrogen-bond donors (Lipinski definition) is 2. The third kappa shape index (κ3) is 1.48. The van der Waals surface area contributed by atoms with E-state index < -0.39 is 0 Å². The number of carbonyl (C=O) groups is 1. The van der Waals surface area contributed by atoms with Crippen molar-refractivity contribution in [1.82, 2.24) is 0 Å². The fraction of sp³-hybridized carbons (Fsp3) is 0.222. The Morgan fingerprint density at radius 1 is 1.43 bits per heavy atom. The van der Waals surface area contributed by atoms with Gasteiger partial charge in [-0.25, -0.2) is 0 Å². The molecule has 0 bridgehead atoms. The minimum Gasteiger partial charge on any atom is -0.495 e. The molecule has 2 rings (SSSR count). The Balaban J connectivity index is 2.46. The third-order valence-electron chi connectivity index (χ3n) is 2.01. The normalized spacial score (nSPS) is 14.0. The third-order valence-corrected chi connectivity index (χ3v) is 2.30. The Bertz CT molecular complexity index is 393. The molecule has 0 saturated carbocycles. The minimum absolute atomic E-state index is 0.0677. The number of anilines is 2. The van der Waals surface area contributed by atoms with Crippen molar-refractivity contribution in [2.45, 2.75) is 0 Å². The van der Waals surface area contributed by atoms with Crippen LogP contribution in [0.5, 0.6) is 5.75 Å². The number of rotatable bonds is 1. The van der Waals surface area contributed by atoms with E-state index in [0.29, 0.717) is 16.5 Å². The average Bonchev–Trinajstić information content (AvgIpc) is 2.17. The molecule has 1 aliphatic heterocycles. The van der Waals surface area contributed by atoms with E-state index in [4.69, 9.17) is 16.3 Å². The molecule has 1 aromatic carbocycles. The largest absolute Gasteiger partial charge is 0.495 e. The Morgan fingerprint density at radius 2 is 2.21 bits per heavy atom. The molecule has 0 spiro atoms. The lowest BCUT2D eigenvalue weighted by molar-refractivity contribution is -0.114. The molecule has 0 saturated heterocycles. The maximum atomic E-state index is 11.1. The molecular formula is C9H9ClN2O2. The van der Waals surface area contributed by atoms with Crippen LogP contribution in [0.2, 0.25) is 5.02 Å². The lowest BCUT2D eigenvalue weighted by Gasteiger charge is -2.19. The quantitative estimate of drug-likeness (QED) is 0.745. The number of ether oxygens (including phenoxy) is 1. The maximum Gasteiger partial charge on any atom is 0.243 e.